The van der Waals surface area contributed by atoms with E-state index in [1.165, 1.54) is 24.0 Å². The number of hydrogen-bond donors (Lipinski definition) is 2. The molecule has 0 bridgehead atoms. The summed E-state index contributed by atoms with van der Waals surface area (Å²) < 4.78 is 10.9. The van der Waals surface area contributed by atoms with Crippen LogP contribution in [-0.4, -0.2) is 15.9 Å². The lowest BCUT2D eigenvalue weighted by atomic mass is 9.72. The van der Waals surface area contributed by atoms with E-state index >= 15 is 0 Å². The molecule has 0 fully saturated rings. The van der Waals surface area contributed by atoms with Crippen molar-refractivity contribution in [1.29, 1.82) is 0 Å². The molecule has 0 saturated carbocycles. The molecule has 0 atom stereocenters. The molecule has 3 nitrogen and oxygen atoms in total. The highest BCUT2D eigenvalue weighted by Gasteiger charge is 2.26. The zero-order valence-corrected chi connectivity index (χ0v) is 13.9. The van der Waals surface area contributed by atoms with E-state index < -0.39 is 7.60 Å². The predicted octanol–water partition coefficient (Wildman–Crippen LogP) is 4.58. The lowest BCUT2D eigenvalue weighted by Crippen LogP contribution is -2.19. The monoisotopic (exact) mass is 298 g/mol. The normalized spacial score (nSPS) is 20.8. The summed E-state index contributed by atoms with van der Waals surface area (Å²) in [4.78, 5) is 17.9. The molecular weight excluding hydrogens is 271 g/mol. The van der Waals surface area contributed by atoms with Gasteiger partial charge in [0.05, 0.1) is 6.16 Å². The molecule has 0 spiro atoms. The molecular formula is C16H27O3P. The molecule has 0 unspecified atom stereocenters. The van der Waals surface area contributed by atoms with E-state index in [2.05, 4.69) is 26.8 Å². The van der Waals surface area contributed by atoms with Crippen molar-refractivity contribution in [1.82, 2.24) is 0 Å². The van der Waals surface area contributed by atoms with E-state index in [-0.39, 0.29) is 11.6 Å². The number of allylic oxidation sites excluding steroid dienone is 6. The topological polar surface area (TPSA) is 57.5 Å². The summed E-state index contributed by atoms with van der Waals surface area (Å²) in [5.41, 5.74) is 3.98. The first-order valence-electron chi connectivity index (χ1n) is 7.27. The van der Waals surface area contributed by atoms with Crippen molar-refractivity contribution in [3.63, 3.8) is 0 Å². The molecule has 1 aliphatic carbocycles. The van der Waals surface area contributed by atoms with Crippen molar-refractivity contribution in [3.8, 4) is 0 Å². The Morgan fingerprint density at radius 2 is 2.05 bits per heavy atom. The maximum atomic E-state index is 10.9. The first kappa shape index (κ1) is 17.4. The molecule has 0 aliphatic heterocycles. The third-order valence-corrected chi connectivity index (χ3v) is 4.66. The van der Waals surface area contributed by atoms with Gasteiger partial charge in [-0.3, -0.25) is 4.57 Å². The average Bonchev–Trinajstić information content (AvgIpc) is 2.30. The summed E-state index contributed by atoms with van der Waals surface area (Å²) >= 11 is 0. The van der Waals surface area contributed by atoms with Crippen molar-refractivity contribution in [3.05, 3.63) is 34.9 Å². The second-order valence-electron chi connectivity index (χ2n) is 6.24. The highest BCUT2D eigenvalue weighted by Crippen LogP contribution is 2.41. The van der Waals surface area contributed by atoms with Gasteiger partial charge in [0, 0.05) is 0 Å². The van der Waals surface area contributed by atoms with Crippen LogP contribution in [0.1, 0.15) is 53.4 Å². The Morgan fingerprint density at radius 3 is 2.55 bits per heavy atom. The van der Waals surface area contributed by atoms with Crippen LogP contribution >= 0.6 is 7.60 Å². The van der Waals surface area contributed by atoms with Crippen molar-refractivity contribution >= 4 is 7.60 Å². The van der Waals surface area contributed by atoms with Gasteiger partial charge in [0.15, 0.2) is 0 Å². The van der Waals surface area contributed by atoms with Gasteiger partial charge in [-0.25, -0.2) is 0 Å². The lowest BCUT2D eigenvalue weighted by Gasteiger charge is -2.33. The smallest absolute Gasteiger partial charge is 0.324 e. The van der Waals surface area contributed by atoms with E-state index in [9.17, 15) is 4.57 Å². The standard InChI is InChI=1S/C16H27O3P/c1-5-14(10-12-20(17,18)19)8-9-15-13(2)7-6-11-16(15,3)4/h8-10H,5-7,11-12H2,1-4H3,(H2,17,18,19)/b9-8+,14-10+. The Hall–Kier alpha value is -0.630. The zero-order valence-electron chi connectivity index (χ0n) is 13.0. The van der Waals surface area contributed by atoms with Gasteiger partial charge >= 0.3 is 7.60 Å². The second kappa shape index (κ2) is 6.89. The predicted molar refractivity (Wildman–Crippen MR) is 84.8 cm³/mol. The maximum absolute atomic E-state index is 10.9. The van der Waals surface area contributed by atoms with Gasteiger partial charge in [-0.15, -0.1) is 0 Å². The van der Waals surface area contributed by atoms with Crippen molar-refractivity contribution in [2.45, 2.75) is 53.4 Å². The third kappa shape index (κ3) is 5.40. The van der Waals surface area contributed by atoms with Crippen LogP contribution in [0.5, 0.6) is 0 Å². The van der Waals surface area contributed by atoms with Gasteiger partial charge < -0.3 is 9.79 Å². The van der Waals surface area contributed by atoms with Gasteiger partial charge in [-0.2, -0.15) is 0 Å². The van der Waals surface area contributed by atoms with E-state index in [1.807, 2.05) is 13.0 Å². The molecule has 0 aromatic carbocycles. The van der Waals surface area contributed by atoms with E-state index in [1.54, 1.807) is 6.08 Å². The number of hydrogen-bond acceptors (Lipinski definition) is 1. The maximum Gasteiger partial charge on any atom is 0.329 e. The van der Waals surface area contributed by atoms with Crippen LogP contribution in [0.2, 0.25) is 0 Å². The minimum absolute atomic E-state index is 0.179. The van der Waals surface area contributed by atoms with E-state index in [0.29, 0.717) is 0 Å². The fourth-order valence-electron chi connectivity index (χ4n) is 2.77. The Kier molecular flexibility index (Phi) is 6.00. The van der Waals surface area contributed by atoms with Crippen LogP contribution in [-0.2, 0) is 4.57 Å². The molecule has 0 heterocycles. The van der Waals surface area contributed by atoms with Crippen molar-refractivity contribution < 1.29 is 14.4 Å². The molecule has 20 heavy (non-hydrogen) atoms. The Bertz CT molecular complexity index is 478. The summed E-state index contributed by atoms with van der Waals surface area (Å²) in [6.07, 6.45) is 10.00. The number of rotatable bonds is 5. The van der Waals surface area contributed by atoms with Crippen LogP contribution in [0.4, 0.5) is 0 Å². The van der Waals surface area contributed by atoms with Crippen molar-refractivity contribution in [2.24, 2.45) is 5.41 Å². The van der Waals surface area contributed by atoms with E-state index in [0.717, 1.165) is 18.4 Å². The van der Waals surface area contributed by atoms with Gasteiger partial charge in [0.25, 0.3) is 0 Å². The first-order valence-corrected chi connectivity index (χ1v) is 9.07. The average molecular weight is 298 g/mol. The molecule has 0 radical (unpaired) electrons. The quantitative estimate of drug-likeness (QED) is 0.577. The molecule has 2 N–H and O–H groups in total. The van der Waals surface area contributed by atoms with Gasteiger partial charge in [0.1, 0.15) is 0 Å². The van der Waals surface area contributed by atoms with Gasteiger partial charge in [-0.05, 0) is 43.6 Å². The Labute approximate surface area is 122 Å². The lowest BCUT2D eigenvalue weighted by molar-refractivity contribution is 0.376. The second-order valence-corrected chi connectivity index (χ2v) is 7.94. The van der Waals surface area contributed by atoms with Crippen molar-refractivity contribution in [2.75, 3.05) is 6.16 Å². The summed E-state index contributed by atoms with van der Waals surface area (Å²) in [5.74, 6) is 0. The van der Waals surface area contributed by atoms with Crippen LogP contribution in [0.15, 0.2) is 34.9 Å². The van der Waals surface area contributed by atoms with E-state index in [4.69, 9.17) is 9.79 Å². The molecule has 0 aromatic heterocycles. The fourth-order valence-corrected chi connectivity index (χ4v) is 3.24. The molecule has 0 amide bonds. The SMILES string of the molecule is CCC(/C=C/C1=C(C)CCCC1(C)C)=C\CP(=O)(O)O. The van der Waals surface area contributed by atoms with Crippen LogP contribution < -0.4 is 0 Å². The summed E-state index contributed by atoms with van der Waals surface area (Å²) in [6, 6.07) is 0. The Morgan fingerprint density at radius 1 is 1.40 bits per heavy atom. The summed E-state index contributed by atoms with van der Waals surface area (Å²) in [5, 5.41) is 0. The molecule has 1 aliphatic rings. The molecule has 4 heteroatoms. The van der Waals surface area contributed by atoms with Crippen LogP contribution in [0, 0.1) is 5.41 Å². The highest BCUT2D eigenvalue weighted by atomic mass is 31.2. The summed E-state index contributed by atoms with van der Waals surface area (Å²) in [7, 11) is -3.95. The third-order valence-electron chi connectivity index (χ3n) is 4.01. The molecule has 114 valence electrons. The summed E-state index contributed by atoms with van der Waals surface area (Å²) in [6.45, 7) is 8.72. The van der Waals surface area contributed by atoms with Gasteiger partial charge in [0.2, 0.25) is 0 Å². The van der Waals surface area contributed by atoms with Gasteiger partial charge in [-0.1, -0.05) is 50.1 Å². The largest absolute Gasteiger partial charge is 0.329 e. The highest BCUT2D eigenvalue weighted by molar-refractivity contribution is 7.51. The minimum atomic E-state index is -3.95. The fraction of sp³-hybridized carbons (Fsp3) is 0.625. The zero-order chi connectivity index (χ0) is 15.4. The van der Waals surface area contributed by atoms with Crippen LogP contribution in [0.3, 0.4) is 0 Å². The minimum Gasteiger partial charge on any atom is -0.324 e. The van der Waals surface area contributed by atoms with Crippen LogP contribution in [0.25, 0.3) is 0 Å². The first-order chi connectivity index (χ1) is 9.15. The molecule has 1 rings (SSSR count). The molecule has 0 aromatic rings. The molecule has 0 saturated heterocycles. The Balaban J connectivity index is 2.91.